The summed E-state index contributed by atoms with van der Waals surface area (Å²) < 4.78 is 5.13. The van der Waals surface area contributed by atoms with Crippen LogP contribution in [0.4, 0.5) is 5.69 Å². The minimum atomic E-state index is -0.508. The van der Waals surface area contributed by atoms with Gasteiger partial charge in [-0.25, -0.2) is 4.79 Å². The summed E-state index contributed by atoms with van der Waals surface area (Å²) in [5.41, 5.74) is 1.35. The van der Waals surface area contributed by atoms with Gasteiger partial charge in [-0.1, -0.05) is 17.7 Å². The average molecular weight is 257 g/mol. The Morgan fingerprint density at radius 3 is 2.42 bits per heavy atom. The van der Waals surface area contributed by atoms with Crippen LogP contribution in [0.3, 0.4) is 0 Å². The molecule has 0 aromatic heterocycles. The van der Waals surface area contributed by atoms with Crippen molar-refractivity contribution in [2.75, 3.05) is 0 Å². The van der Waals surface area contributed by atoms with Crippen LogP contribution in [0.15, 0.2) is 48.5 Å². The summed E-state index contributed by atoms with van der Waals surface area (Å²) in [5.74, 6) is -0.213. The molecule has 96 valence electrons. The molecule has 0 amide bonds. The number of hydrogen-bond acceptors (Lipinski definition) is 4. The number of rotatable bonds is 3. The van der Waals surface area contributed by atoms with Gasteiger partial charge in [0, 0.05) is 12.1 Å². The summed E-state index contributed by atoms with van der Waals surface area (Å²) in [5, 5.41) is 10.5. The molecule has 0 bridgehead atoms. The molecule has 2 rings (SSSR count). The molecule has 0 spiro atoms. The predicted molar refractivity (Wildman–Crippen MR) is 69.2 cm³/mol. The van der Waals surface area contributed by atoms with Crippen molar-refractivity contribution in [1.82, 2.24) is 0 Å². The molecule has 0 unspecified atom stereocenters. The van der Waals surface area contributed by atoms with Crippen molar-refractivity contribution in [1.29, 1.82) is 0 Å². The first-order valence-electron chi connectivity index (χ1n) is 5.59. The number of non-ortho nitro benzene ring substituents is 1. The van der Waals surface area contributed by atoms with E-state index in [1.54, 1.807) is 18.2 Å². The van der Waals surface area contributed by atoms with Crippen LogP contribution in [0.5, 0.6) is 5.75 Å². The van der Waals surface area contributed by atoms with Gasteiger partial charge < -0.3 is 4.74 Å². The van der Waals surface area contributed by atoms with Gasteiger partial charge in [-0.05, 0) is 31.2 Å². The van der Waals surface area contributed by atoms with Crippen molar-refractivity contribution >= 4 is 11.7 Å². The van der Waals surface area contributed by atoms with E-state index in [4.69, 9.17) is 4.74 Å². The van der Waals surface area contributed by atoms with Crippen molar-refractivity contribution in [3.8, 4) is 5.75 Å². The SMILES string of the molecule is Cc1cccc(C(=O)Oc2ccc([N+](=O)[O-])cc2)c1. The van der Waals surface area contributed by atoms with Crippen LogP contribution in [0, 0.1) is 17.0 Å². The number of hydrogen-bond donors (Lipinski definition) is 0. The van der Waals surface area contributed by atoms with E-state index < -0.39 is 10.9 Å². The first-order valence-corrected chi connectivity index (χ1v) is 5.59. The van der Waals surface area contributed by atoms with Gasteiger partial charge in [0.2, 0.25) is 0 Å². The van der Waals surface area contributed by atoms with Crippen molar-refractivity contribution in [2.45, 2.75) is 6.92 Å². The predicted octanol–water partition coefficient (Wildman–Crippen LogP) is 3.12. The average Bonchev–Trinajstić information content (AvgIpc) is 2.39. The molecular formula is C14H11NO4. The number of ether oxygens (including phenoxy) is 1. The maximum atomic E-state index is 11.8. The molecule has 0 radical (unpaired) electrons. The second-order valence-corrected chi connectivity index (χ2v) is 4.01. The third kappa shape index (κ3) is 3.16. The fourth-order valence-electron chi connectivity index (χ4n) is 1.57. The van der Waals surface area contributed by atoms with Crippen LogP contribution >= 0.6 is 0 Å². The lowest BCUT2D eigenvalue weighted by atomic mass is 10.1. The molecule has 0 saturated heterocycles. The summed E-state index contributed by atoms with van der Waals surface area (Å²) in [7, 11) is 0. The first-order chi connectivity index (χ1) is 9.06. The Morgan fingerprint density at radius 2 is 1.84 bits per heavy atom. The van der Waals surface area contributed by atoms with Crippen molar-refractivity contribution < 1.29 is 14.5 Å². The standard InChI is InChI=1S/C14H11NO4/c1-10-3-2-4-11(9-10)14(16)19-13-7-5-12(6-8-13)15(17)18/h2-9H,1H3. The van der Waals surface area contributed by atoms with Crippen molar-refractivity contribution in [3.63, 3.8) is 0 Å². The number of nitro benzene ring substituents is 1. The van der Waals surface area contributed by atoms with E-state index in [0.717, 1.165) is 5.56 Å². The summed E-state index contributed by atoms with van der Waals surface area (Å²) in [4.78, 5) is 21.8. The monoisotopic (exact) mass is 257 g/mol. The summed E-state index contributed by atoms with van der Waals surface area (Å²) in [6.07, 6.45) is 0. The highest BCUT2D eigenvalue weighted by Gasteiger charge is 2.10. The summed E-state index contributed by atoms with van der Waals surface area (Å²) >= 11 is 0. The van der Waals surface area contributed by atoms with Crippen LogP contribution in [0.1, 0.15) is 15.9 Å². The van der Waals surface area contributed by atoms with E-state index in [-0.39, 0.29) is 11.4 Å². The molecule has 0 aliphatic heterocycles. The van der Waals surface area contributed by atoms with E-state index >= 15 is 0 Å². The Labute approximate surface area is 109 Å². The molecule has 0 fully saturated rings. The van der Waals surface area contributed by atoms with Crippen molar-refractivity contribution in [2.24, 2.45) is 0 Å². The van der Waals surface area contributed by atoms with Gasteiger partial charge >= 0.3 is 5.97 Å². The topological polar surface area (TPSA) is 69.4 Å². The molecule has 0 aliphatic carbocycles. The van der Waals surface area contributed by atoms with Gasteiger partial charge in [-0.2, -0.15) is 0 Å². The lowest BCUT2D eigenvalue weighted by molar-refractivity contribution is -0.384. The summed E-state index contributed by atoms with van der Waals surface area (Å²) in [6.45, 7) is 1.88. The minimum Gasteiger partial charge on any atom is -0.423 e. The van der Waals surface area contributed by atoms with Gasteiger partial charge in [0.05, 0.1) is 10.5 Å². The van der Waals surface area contributed by atoms with Crippen LogP contribution in [-0.2, 0) is 0 Å². The molecule has 2 aromatic carbocycles. The van der Waals surface area contributed by atoms with E-state index in [0.29, 0.717) is 5.56 Å². The lowest BCUT2D eigenvalue weighted by Gasteiger charge is -2.04. The molecule has 0 aliphatic rings. The zero-order valence-corrected chi connectivity index (χ0v) is 10.2. The van der Waals surface area contributed by atoms with Crippen LogP contribution in [0.2, 0.25) is 0 Å². The van der Waals surface area contributed by atoms with Crippen LogP contribution < -0.4 is 4.74 Å². The fourth-order valence-corrected chi connectivity index (χ4v) is 1.57. The first kappa shape index (κ1) is 12.8. The molecule has 0 heterocycles. The van der Waals surface area contributed by atoms with Crippen LogP contribution in [0.25, 0.3) is 0 Å². The number of nitro groups is 1. The van der Waals surface area contributed by atoms with E-state index in [1.165, 1.54) is 24.3 Å². The number of nitrogens with zero attached hydrogens (tertiary/aromatic N) is 1. The molecule has 5 nitrogen and oxygen atoms in total. The molecule has 5 heteroatoms. The zero-order valence-electron chi connectivity index (χ0n) is 10.2. The van der Waals surface area contributed by atoms with Crippen LogP contribution in [-0.4, -0.2) is 10.9 Å². The van der Waals surface area contributed by atoms with Gasteiger partial charge in [-0.3, -0.25) is 10.1 Å². The zero-order chi connectivity index (χ0) is 13.8. The largest absolute Gasteiger partial charge is 0.423 e. The Hall–Kier alpha value is -2.69. The minimum absolute atomic E-state index is 0.0460. The smallest absolute Gasteiger partial charge is 0.343 e. The highest BCUT2D eigenvalue weighted by Crippen LogP contribution is 2.18. The lowest BCUT2D eigenvalue weighted by Crippen LogP contribution is -2.08. The van der Waals surface area contributed by atoms with Gasteiger partial charge in [0.25, 0.3) is 5.69 Å². The number of aryl methyl sites for hydroxylation is 1. The number of esters is 1. The second-order valence-electron chi connectivity index (χ2n) is 4.01. The van der Waals surface area contributed by atoms with Crippen molar-refractivity contribution in [3.05, 3.63) is 69.8 Å². The van der Waals surface area contributed by atoms with Gasteiger partial charge in [0.1, 0.15) is 5.75 Å². The molecule has 19 heavy (non-hydrogen) atoms. The highest BCUT2D eigenvalue weighted by molar-refractivity contribution is 5.91. The molecule has 0 saturated carbocycles. The Balaban J connectivity index is 2.13. The van der Waals surface area contributed by atoms with E-state index in [9.17, 15) is 14.9 Å². The van der Waals surface area contributed by atoms with E-state index in [1.807, 2.05) is 13.0 Å². The number of carbonyl (C=O) groups is 1. The number of carbonyl (C=O) groups excluding carboxylic acids is 1. The molecular weight excluding hydrogens is 246 g/mol. The third-order valence-electron chi connectivity index (χ3n) is 2.51. The quantitative estimate of drug-likeness (QED) is 0.366. The Bertz CT molecular complexity index is 620. The Kier molecular flexibility index (Phi) is 3.56. The van der Waals surface area contributed by atoms with Gasteiger partial charge in [-0.15, -0.1) is 0 Å². The number of benzene rings is 2. The normalized spacial score (nSPS) is 9.95. The Morgan fingerprint density at radius 1 is 1.16 bits per heavy atom. The fraction of sp³-hybridized carbons (Fsp3) is 0.0714. The third-order valence-corrected chi connectivity index (χ3v) is 2.51. The van der Waals surface area contributed by atoms with Gasteiger partial charge in [0.15, 0.2) is 0 Å². The highest BCUT2D eigenvalue weighted by atomic mass is 16.6. The second kappa shape index (κ2) is 5.30. The maximum Gasteiger partial charge on any atom is 0.343 e. The van der Waals surface area contributed by atoms with E-state index in [2.05, 4.69) is 0 Å². The summed E-state index contributed by atoms with van der Waals surface area (Å²) in [6, 6.07) is 12.4. The maximum absolute atomic E-state index is 11.8. The molecule has 0 N–H and O–H groups in total. The molecule has 0 atom stereocenters. The molecule has 2 aromatic rings.